The van der Waals surface area contributed by atoms with Crippen molar-refractivity contribution in [2.24, 2.45) is 0 Å². The van der Waals surface area contributed by atoms with Gasteiger partial charge in [-0.05, 0) is 32.0 Å². The Morgan fingerprint density at radius 2 is 2.24 bits per heavy atom. The second-order valence-corrected chi connectivity index (χ2v) is 5.80. The molecule has 17 heavy (non-hydrogen) atoms. The largest absolute Gasteiger partial charge is 0.432 e. The molecule has 1 fully saturated rings. The van der Waals surface area contributed by atoms with Crippen LogP contribution < -0.4 is 10.2 Å². The van der Waals surface area contributed by atoms with E-state index in [1.807, 2.05) is 12.3 Å². The number of hydrogen-bond donors (Lipinski definition) is 1. The number of nitrogens with zero attached hydrogens (tertiary/aromatic N) is 1. The van der Waals surface area contributed by atoms with Gasteiger partial charge in [0.2, 0.25) is 0 Å². The van der Waals surface area contributed by atoms with E-state index in [-0.39, 0.29) is 6.04 Å². The van der Waals surface area contributed by atoms with Crippen LogP contribution in [0.1, 0.15) is 37.8 Å². The van der Waals surface area contributed by atoms with Crippen LogP contribution in [0, 0.1) is 10.9 Å². The van der Waals surface area contributed by atoms with Gasteiger partial charge in [-0.2, -0.15) is 4.73 Å². The Bertz CT molecular complexity index is 447. The van der Waals surface area contributed by atoms with Gasteiger partial charge in [-0.15, -0.1) is 11.3 Å². The summed E-state index contributed by atoms with van der Waals surface area (Å²) in [5.74, 6) is 0. The lowest BCUT2D eigenvalue weighted by molar-refractivity contribution is 0.124. The highest BCUT2D eigenvalue weighted by Gasteiger charge is 2.17. The van der Waals surface area contributed by atoms with Gasteiger partial charge >= 0.3 is 6.09 Å². The average molecular weight is 272 g/mol. The summed E-state index contributed by atoms with van der Waals surface area (Å²) >= 11 is 6.46. The first kappa shape index (κ1) is 12.6. The van der Waals surface area contributed by atoms with Crippen LogP contribution in [0.15, 0.2) is 5.38 Å². The van der Waals surface area contributed by atoms with E-state index in [1.54, 1.807) is 0 Å². The Morgan fingerprint density at radius 3 is 2.82 bits per heavy atom. The van der Waals surface area contributed by atoms with Gasteiger partial charge in [-0.1, -0.05) is 19.3 Å². The highest BCUT2D eigenvalue weighted by Crippen LogP contribution is 2.17. The molecule has 0 spiro atoms. The second kappa shape index (κ2) is 5.64. The van der Waals surface area contributed by atoms with E-state index in [1.165, 1.54) is 35.3 Å². The monoisotopic (exact) mass is 272 g/mol. The third-order valence-corrected chi connectivity index (χ3v) is 4.20. The Labute approximate surface area is 110 Å². The van der Waals surface area contributed by atoms with Crippen molar-refractivity contribution < 1.29 is 9.63 Å². The number of aryl methyl sites for hydroxylation is 1. The van der Waals surface area contributed by atoms with Crippen molar-refractivity contribution in [3.8, 4) is 0 Å². The number of carbonyl (C=O) groups is 1. The molecule has 1 aliphatic carbocycles. The van der Waals surface area contributed by atoms with Crippen LogP contribution in [0.25, 0.3) is 0 Å². The number of rotatable bonds is 2. The molecule has 6 heteroatoms. The predicted molar refractivity (Wildman–Crippen MR) is 69.9 cm³/mol. The van der Waals surface area contributed by atoms with Crippen LogP contribution in [0.4, 0.5) is 4.79 Å². The van der Waals surface area contributed by atoms with Crippen LogP contribution in [0.2, 0.25) is 0 Å². The fourth-order valence-corrected chi connectivity index (χ4v) is 2.98. The molecule has 1 amide bonds. The van der Waals surface area contributed by atoms with E-state index < -0.39 is 6.09 Å². The standard InChI is InChI=1S/C11H16N2O2S2/c1-8-7-17-11(16)13(8)15-10(14)12-9-5-3-2-4-6-9/h7,9H,2-6H2,1H3,(H,12,14). The Balaban J connectivity index is 1.91. The zero-order chi connectivity index (χ0) is 12.3. The summed E-state index contributed by atoms with van der Waals surface area (Å²) in [5, 5.41) is 4.76. The molecule has 0 atom stereocenters. The number of thiazole rings is 1. The topological polar surface area (TPSA) is 43.3 Å². The molecule has 1 N–H and O–H groups in total. The molecule has 4 nitrogen and oxygen atoms in total. The van der Waals surface area contributed by atoms with Gasteiger partial charge < -0.3 is 10.2 Å². The lowest BCUT2D eigenvalue weighted by atomic mass is 9.96. The maximum atomic E-state index is 11.7. The minimum Gasteiger partial charge on any atom is -0.317 e. The summed E-state index contributed by atoms with van der Waals surface area (Å²) in [4.78, 5) is 16.9. The van der Waals surface area contributed by atoms with Crippen LogP contribution in [-0.4, -0.2) is 16.9 Å². The van der Waals surface area contributed by atoms with Crippen molar-refractivity contribution in [2.45, 2.75) is 45.1 Å². The van der Waals surface area contributed by atoms with Crippen LogP contribution in [-0.2, 0) is 0 Å². The lowest BCUT2D eigenvalue weighted by Gasteiger charge is -2.22. The SMILES string of the molecule is Cc1csc(=S)n1OC(=O)NC1CCCCC1. The van der Waals surface area contributed by atoms with Gasteiger partial charge in [0, 0.05) is 11.4 Å². The number of carbonyl (C=O) groups excluding carboxylic acids is 1. The molecule has 1 aromatic rings. The zero-order valence-corrected chi connectivity index (χ0v) is 11.4. The van der Waals surface area contributed by atoms with Gasteiger partial charge in [0.15, 0.2) is 3.95 Å². The smallest absolute Gasteiger partial charge is 0.317 e. The molecule has 1 heterocycles. The van der Waals surface area contributed by atoms with Gasteiger partial charge in [0.05, 0.1) is 5.69 Å². The third kappa shape index (κ3) is 3.29. The number of nitrogens with one attached hydrogen (secondary N) is 1. The maximum Gasteiger partial charge on any atom is 0.432 e. The summed E-state index contributed by atoms with van der Waals surface area (Å²) < 4.78 is 1.96. The zero-order valence-electron chi connectivity index (χ0n) is 9.77. The summed E-state index contributed by atoms with van der Waals surface area (Å²) in [6.45, 7) is 1.86. The predicted octanol–water partition coefficient (Wildman–Crippen LogP) is 3.06. The van der Waals surface area contributed by atoms with E-state index in [9.17, 15) is 4.79 Å². The van der Waals surface area contributed by atoms with Crippen LogP contribution in [0.3, 0.4) is 0 Å². The normalized spacial score (nSPS) is 16.8. The molecule has 2 rings (SSSR count). The fourth-order valence-electron chi connectivity index (χ4n) is 2.01. The van der Waals surface area contributed by atoms with Gasteiger partial charge in [-0.25, -0.2) is 4.79 Å². The molecule has 0 aliphatic heterocycles. The number of amides is 1. The van der Waals surface area contributed by atoms with Crippen molar-refractivity contribution in [2.75, 3.05) is 0 Å². The Morgan fingerprint density at radius 1 is 1.53 bits per heavy atom. The van der Waals surface area contributed by atoms with Crippen molar-refractivity contribution in [1.82, 2.24) is 10.0 Å². The number of aromatic nitrogens is 1. The third-order valence-electron chi connectivity index (χ3n) is 2.92. The molecule has 1 aliphatic rings. The summed E-state index contributed by atoms with van der Waals surface area (Å²) in [6.07, 6.45) is 5.31. The average Bonchev–Trinajstić information content (AvgIpc) is 2.62. The fraction of sp³-hybridized carbons (Fsp3) is 0.636. The molecule has 0 unspecified atom stereocenters. The molecule has 0 saturated heterocycles. The highest BCUT2D eigenvalue weighted by atomic mass is 32.1. The summed E-state index contributed by atoms with van der Waals surface area (Å²) in [6, 6.07) is 0.254. The molecular formula is C11H16N2O2S2. The molecule has 0 aromatic carbocycles. The molecule has 94 valence electrons. The molecule has 1 aromatic heterocycles. The van der Waals surface area contributed by atoms with Gasteiger partial charge in [0.25, 0.3) is 0 Å². The first-order valence-electron chi connectivity index (χ1n) is 5.83. The van der Waals surface area contributed by atoms with E-state index in [0.717, 1.165) is 18.5 Å². The molecule has 0 bridgehead atoms. The maximum absolute atomic E-state index is 11.7. The van der Waals surface area contributed by atoms with E-state index in [2.05, 4.69) is 5.32 Å². The second-order valence-electron chi connectivity index (χ2n) is 4.30. The Hall–Kier alpha value is -0.880. The first-order chi connectivity index (χ1) is 8.16. The van der Waals surface area contributed by atoms with Crippen molar-refractivity contribution >= 4 is 29.6 Å². The van der Waals surface area contributed by atoms with E-state index in [4.69, 9.17) is 17.1 Å². The molecule has 0 radical (unpaired) electrons. The van der Waals surface area contributed by atoms with Gasteiger partial charge in [0.1, 0.15) is 0 Å². The Kier molecular flexibility index (Phi) is 4.17. The molecule has 1 saturated carbocycles. The minimum absolute atomic E-state index is 0.254. The quantitative estimate of drug-likeness (QED) is 0.841. The summed E-state index contributed by atoms with van der Waals surface area (Å²) in [7, 11) is 0. The number of hydrogen-bond acceptors (Lipinski definition) is 4. The first-order valence-corrected chi connectivity index (χ1v) is 7.11. The van der Waals surface area contributed by atoms with Crippen molar-refractivity contribution in [3.05, 3.63) is 15.0 Å². The van der Waals surface area contributed by atoms with Crippen LogP contribution >= 0.6 is 23.6 Å². The summed E-state index contributed by atoms with van der Waals surface area (Å²) in [5.41, 5.74) is 0.846. The molecular weight excluding hydrogens is 256 g/mol. The van der Waals surface area contributed by atoms with E-state index >= 15 is 0 Å². The van der Waals surface area contributed by atoms with Crippen LogP contribution in [0.5, 0.6) is 0 Å². The van der Waals surface area contributed by atoms with E-state index in [0.29, 0.717) is 3.95 Å². The highest BCUT2D eigenvalue weighted by molar-refractivity contribution is 7.73. The van der Waals surface area contributed by atoms with Crippen molar-refractivity contribution in [1.29, 1.82) is 0 Å². The minimum atomic E-state index is -0.408. The lowest BCUT2D eigenvalue weighted by Crippen LogP contribution is -2.40. The van der Waals surface area contributed by atoms with Gasteiger partial charge in [-0.3, -0.25) is 0 Å². The van der Waals surface area contributed by atoms with Crippen molar-refractivity contribution in [3.63, 3.8) is 0 Å².